The molecule has 2 heterocycles. The zero-order valence-electron chi connectivity index (χ0n) is 17.1. The maximum absolute atomic E-state index is 12.0. The fraction of sp³-hybridized carbons (Fsp3) is 0.600. The Morgan fingerprint density at radius 1 is 1.25 bits per heavy atom. The number of aliphatic imine (C=N–C) groups is 1. The summed E-state index contributed by atoms with van der Waals surface area (Å²) in [4.78, 5) is 17.9. The molecule has 1 amide bonds. The highest BCUT2D eigenvalue weighted by atomic mass is 16.6. The predicted molar refractivity (Wildman–Crippen MR) is 107 cm³/mol. The van der Waals surface area contributed by atoms with Crippen LogP contribution in [0.15, 0.2) is 23.2 Å². The molecule has 1 fully saturated rings. The van der Waals surface area contributed by atoms with Gasteiger partial charge in [0.1, 0.15) is 5.60 Å². The third kappa shape index (κ3) is 5.43. The number of hydrogen-bond donors (Lipinski definition) is 2. The maximum Gasteiger partial charge on any atom is 0.410 e. The average Bonchev–Trinajstić information content (AvgIpc) is 2.83. The summed E-state index contributed by atoms with van der Waals surface area (Å²) in [6, 6.07) is 6.11. The smallest absolute Gasteiger partial charge is 0.410 e. The van der Waals surface area contributed by atoms with Crippen LogP contribution in [-0.2, 0) is 11.3 Å². The molecule has 8 nitrogen and oxygen atoms in total. The molecule has 1 saturated heterocycles. The summed E-state index contributed by atoms with van der Waals surface area (Å²) in [7, 11) is 1.73. The summed E-state index contributed by atoms with van der Waals surface area (Å²) in [6.07, 6.45) is 0.612. The topological polar surface area (TPSA) is 84.4 Å². The van der Waals surface area contributed by atoms with Gasteiger partial charge < -0.3 is 29.7 Å². The van der Waals surface area contributed by atoms with Crippen molar-refractivity contribution in [2.45, 2.75) is 45.4 Å². The van der Waals surface area contributed by atoms with Crippen LogP contribution in [0.4, 0.5) is 4.79 Å². The van der Waals surface area contributed by atoms with Gasteiger partial charge in [0.05, 0.1) is 19.3 Å². The molecule has 0 radical (unpaired) electrons. The number of nitrogens with zero attached hydrogens (tertiary/aromatic N) is 2. The highest BCUT2D eigenvalue weighted by molar-refractivity contribution is 5.80. The Kier molecular flexibility index (Phi) is 6.16. The molecule has 0 bridgehead atoms. The van der Waals surface area contributed by atoms with Crippen LogP contribution in [0.2, 0.25) is 0 Å². The molecule has 1 aromatic carbocycles. The quantitative estimate of drug-likeness (QED) is 0.608. The first-order valence-electron chi connectivity index (χ1n) is 9.68. The molecule has 3 rings (SSSR count). The summed E-state index contributed by atoms with van der Waals surface area (Å²) in [5, 5.41) is 6.62. The van der Waals surface area contributed by atoms with Gasteiger partial charge in [0, 0.05) is 33.1 Å². The van der Waals surface area contributed by atoms with E-state index in [-0.39, 0.29) is 12.1 Å². The fourth-order valence-electron chi connectivity index (χ4n) is 2.94. The van der Waals surface area contributed by atoms with Crippen LogP contribution in [-0.4, -0.2) is 61.9 Å². The average molecular weight is 390 g/mol. The van der Waals surface area contributed by atoms with E-state index in [4.69, 9.17) is 14.2 Å². The second-order valence-corrected chi connectivity index (χ2v) is 7.98. The minimum atomic E-state index is -0.476. The summed E-state index contributed by atoms with van der Waals surface area (Å²) in [5.74, 6) is 2.27. The molecular formula is C20H30N4O4. The van der Waals surface area contributed by atoms with Crippen molar-refractivity contribution in [2.75, 3.05) is 33.4 Å². The highest BCUT2D eigenvalue weighted by Gasteiger charge is 2.34. The van der Waals surface area contributed by atoms with Gasteiger partial charge in [-0.15, -0.1) is 0 Å². The predicted octanol–water partition coefficient (Wildman–Crippen LogP) is 2.13. The summed E-state index contributed by atoms with van der Waals surface area (Å²) in [6.45, 7) is 8.76. The molecule has 0 saturated carbocycles. The first-order chi connectivity index (χ1) is 13.3. The van der Waals surface area contributed by atoms with Crippen molar-refractivity contribution in [1.29, 1.82) is 0 Å². The van der Waals surface area contributed by atoms with E-state index >= 15 is 0 Å². The van der Waals surface area contributed by atoms with Gasteiger partial charge in [-0.2, -0.15) is 0 Å². The number of hydrogen-bond acceptors (Lipinski definition) is 5. The third-order valence-electron chi connectivity index (χ3n) is 4.37. The first-order valence-corrected chi connectivity index (χ1v) is 9.68. The Morgan fingerprint density at radius 2 is 1.96 bits per heavy atom. The number of amides is 1. The van der Waals surface area contributed by atoms with Crippen LogP contribution in [0.1, 0.15) is 32.8 Å². The van der Waals surface area contributed by atoms with Crippen LogP contribution >= 0.6 is 0 Å². The van der Waals surface area contributed by atoms with E-state index in [1.165, 1.54) is 0 Å². The van der Waals surface area contributed by atoms with E-state index in [1.54, 1.807) is 11.9 Å². The zero-order chi connectivity index (χ0) is 20.1. The SMILES string of the molecule is CN=C(NCc1ccc2c(c1)OCCCO2)NC1CN(C(=O)OC(C)(C)C)C1. The largest absolute Gasteiger partial charge is 0.490 e. The van der Waals surface area contributed by atoms with Crippen molar-refractivity contribution in [3.63, 3.8) is 0 Å². The number of guanidine groups is 1. The first kappa shape index (κ1) is 20.1. The van der Waals surface area contributed by atoms with Gasteiger partial charge in [0.15, 0.2) is 17.5 Å². The number of ether oxygens (including phenoxy) is 3. The zero-order valence-corrected chi connectivity index (χ0v) is 17.1. The van der Waals surface area contributed by atoms with Crippen LogP contribution in [0.5, 0.6) is 11.5 Å². The van der Waals surface area contributed by atoms with E-state index < -0.39 is 5.60 Å². The van der Waals surface area contributed by atoms with Crippen LogP contribution < -0.4 is 20.1 Å². The van der Waals surface area contributed by atoms with Gasteiger partial charge in [0.2, 0.25) is 0 Å². The molecule has 0 spiro atoms. The lowest BCUT2D eigenvalue weighted by molar-refractivity contribution is 0.00701. The molecular weight excluding hydrogens is 360 g/mol. The molecule has 0 atom stereocenters. The number of rotatable bonds is 3. The molecule has 0 aliphatic carbocycles. The van der Waals surface area contributed by atoms with Crippen molar-refractivity contribution in [2.24, 2.45) is 4.99 Å². The number of likely N-dealkylation sites (tertiary alicyclic amines) is 1. The van der Waals surface area contributed by atoms with Gasteiger partial charge in [0.25, 0.3) is 0 Å². The molecule has 1 aromatic rings. The van der Waals surface area contributed by atoms with Crippen LogP contribution in [0.3, 0.4) is 0 Å². The molecule has 2 N–H and O–H groups in total. The van der Waals surface area contributed by atoms with Crippen molar-refractivity contribution in [3.8, 4) is 11.5 Å². The summed E-state index contributed by atoms with van der Waals surface area (Å²) in [5.41, 5.74) is 0.603. The van der Waals surface area contributed by atoms with E-state index in [0.29, 0.717) is 38.8 Å². The standard InChI is InChI=1S/C20H30N4O4/c1-20(2,3)28-19(25)24-12-15(13-24)23-18(21-4)22-11-14-6-7-16-17(10-14)27-9-5-8-26-16/h6-7,10,15H,5,8-9,11-13H2,1-4H3,(H2,21,22,23). The summed E-state index contributed by atoms with van der Waals surface area (Å²) >= 11 is 0. The van der Waals surface area contributed by atoms with Gasteiger partial charge in [-0.25, -0.2) is 4.79 Å². The normalized spacial score (nSPS) is 17.4. The monoisotopic (exact) mass is 390 g/mol. The second-order valence-electron chi connectivity index (χ2n) is 7.98. The van der Waals surface area contributed by atoms with Crippen molar-refractivity contribution >= 4 is 12.1 Å². The Hall–Kier alpha value is -2.64. The molecule has 2 aliphatic heterocycles. The fourth-order valence-corrected chi connectivity index (χ4v) is 2.94. The molecule has 28 heavy (non-hydrogen) atoms. The molecule has 154 valence electrons. The Morgan fingerprint density at radius 3 is 2.64 bits per heavy atom. The van der Waals surface area contributed by atoms with E-state index in [1.807, 2.05) is 39.0 Å². The van der Waals surface area contributed by atoms with Gasteiger partial charge >= 0.3 is 6.09 Å². The van der Waals surface area contributed by atoms with E-state index in [9.17, 15) is 4.79 Å². The number of benzene rings is 1. The second kappa shape index (κ2) is 8.58. The molecule has 0 unspecified atom stereocenters. The van der Waals surface area contributed by atoms with Crippen molar-refractivity contribution < 1.29 is 19.0 Å². The molecule has 8 heteroatoms. The minimum Gasteiger partial charge on any atom is -0.490 e. The number of carbonyl (C=O) groups is 1. The van der Waals surface area contributed by atoms with Gasteiger partial charge in [-0.3, -0.25) is 4.99 Å². The van der Waals surface area contributed by atoms with Crippen molar-refractivity contribution in [1.82, 2.24) is 15.5 Å². The lowest BCUT2D eigenvalue weighted by Crippen LogP contribution is -2.63. The van der Waals surface area contributed by atoms with Gasteiger partial charge in [-0.05, 0) is 38.5 Å². The van der Waals surface area contributed by atoms with E-state index in [2.05, 4.69) is 15.6 Å². The van der Waals surface area contributed by atoms with Gasteiger partial charge in [-0.1, -0.05) is 6.07 Å². The highest BCUT2D eigenvalue weighted by Crippen LogP contribution is 2.30. The minimum absolute atomic E-state index is 0.155. The Labute approximate surface area is 166 Å². The van der Waals surface area contributed by atoms with E-state index in [0.717, 1.165) is 23.5 Å². The Bertz CT molecular complexity index is 723. The van der Waals surface area contributed by atoms with Crippen LogP contribution in [0, 0.1) is 0 Å². The third-order valence-corrected chi connectivity index (χ3v) is 4.37. The maximum atomic E-state index is 12.0. The lowest BCUT2D eigenvalue weighted by Gasteiger charge is -2.40. The summed E-state index contributed by atoms with van der Waals surface area (Å²) < 4.78 is 16.8. The number of nitrogens with one attached hydrogen (secondary N) is 2. The number of carbonyl (C=O) groups excluding carboxylic acids is 1. The number of fused-ring (bicyclic) bond motifs is 1. The molecule has 2 aliphatic rings. The Balaban J connectivity index is 1.45. The lowest BCUT2D eigenvalue weighted by atomic mass is 10.1. The van der Waals surface area contributed by atoms with Crippen molar-refractivity contribution in [3.05, 3.63) is 23.8 Å². The van der Waals surface area contributed by atoms with Crippen LogP contribution in [0.25, 0.3) is 0 Å². The molecule has 0 aromatic heterocycles.